The van der Waals surface area contributed by atoms with Gasteiger partial charge in [-0.05, 0) is 12.1 Å². The summed E-state index contributed by atoms with van der Waals surface area (Å²) >= 11 is 0. The Morgan fingerprint density at radius 3 is 2.59 bits per heavy atom. The summed E-state index contributed by atoms with van der Waals surface area (Å²) in [6, 6.07) is 6.45. The lowest BCUT2D eigenvalue weighted by Crippen LogP contribution is -2.45. The average Bonchev–Trinajstić information content (AvgIpc) is 2.34. The van der Waals surface area contributed by atoms with Crippen LogP contribution in [0.1, 0.15) is 10.4 Å². The topological polar surface area (TPSA) is 113 Å². The van der Waals surface area contributed by atoms with E-state index >= 15 is 0 Å². The van der Waals surface area contributed by atoms with Crippen molar-refractivity contribution in [3.63, 3.8) is 0 Å². The summed E-state index contributed by atoms with van der Waals surface area (Å²) in [7, 11) is 0. The van der Waals surface area contributed by atoms with Crippen LogP contribution < -0.4 is 21.9 Å². The molecule has 1 rings (SSSR count). The molecule has 0 aromatic heterocycles. The van der Waals surface area contributed by atoms with E-state index in [2.05, 4.69) is 16.2 Å². The minimum absolute atomic E-state index is 0.214. The highest BCUT2D eigenvalue weighted by atomic mass is 16.2. The molecule has 0 aliphatic rings. The molecule has 90 valence electrons. The first-order valence-corrected chi connectivity index (χ1v) is 4.76. The Kier molecular flexibility index (Phi) is 4.49. The van der Waals surface area contributed by atoms with E-state index in [4.69, 9.17) is 5.73 Å². The van der Waals surface area contributed by atoms with Crippen LogP contribution in [0.15, 0.2) is 24.3 Å². The predicted molar refractivity (Wildman–Crippen MR) is 60.5 cm³/mol. The highest BCUT2D eigenvalue weighted by Gasteiger charge is 2.09. The maximum Gasteiger partial charge on any atom is 0.271 e. The molecule has 0 saturated carbocycles. The number of hydrazine groups is 1. The van der Waals surface area contributed by atoms with Crippen molar-refractivity contribution in [1.82, 2.24) is 16.2 Å². The van der Waals surface area contributed by atoms with Crippen molar-refractivity contribution in [3.05, 3.63) is 29.8 Å². The van der Waals surface area contributed by atoms with Crippen molar-refractivity contribution < 1.29 is 14.4 Å². The van der Waals surface area contributed by atoms with Crippen molar-refractivity contribution in [2.75, 3.05) is 12.3 Å². The molecule has 5 N–H and O–H groups in total. The van der Waals surface area contributed by atoms with E-state index in [0.717, 1.165) is 0 Å². The zero-order valence-electron chi connectivity index (χ0n) is 8.90. The van der Waals surface area contributed by atoms with Gasteiger partial charge in [0.2, 0.25) is 6.41 Å². The van der Waals surface area contributed by atoms with Crippen LogP contribution in [0.4, 0.5) is 5.69 Å². The average molecular weight is 236 g/mol. The van der Waals surface area contributed by atoms with Crippen LogP contribution in [-0.4, -0.2) is 24.8 Å². The normalized spacial score (nSPS) is 9.18. The number of rotatable bonds is 4. The van der Waals surface area contributed by atoms with Gasteiger partial charge in [0.15, 0.2) is 0 Å². The Hall–Kier alpha value is -2.57. The highest BCUT2D eigenvalue weighted by molar-refractivity contribution is 5.99. The molecule has 7 heteroatoms. The summed E-state index contributed by atoms with van der Waals surface area (Å²) < 4.78 is 0. The molecule has 0 radical (unpaired) electrons. The van der Waals surface area contributed by atoms with E-state index in [1.54, 1.807) is 18.2 Å². The summed E-state index contributed by atoms with van der Waals surface area (Å²) in [5.74, 6) is -1.07. The number of nitrogens with one attached hydrogen (secondary N) is 3. The molecule has 0 aliphatic heterocycles. The molecule has 0 atom stereocenters. The number of nitrogens with two attached hydrogens (primary N) is 1. The quantitative estimate of drug-likeness (QED) is 0.298. The number of carbonyl (C=O) groups excluding carboxylic acids is 3. The molecular formula is C10H12N4O3. The van der Waals surface area contributed by atoms with Crippen molar-refractivity contribution in [2.24, 2.45) is 0 Å². The molecule has 0 bridgehead atoms. The minimum atomic E-state index is -0.542. The van der Waals surface area contributed by atoms with Crippen molar-refractivity contribution in [2.45, 2.75) is 0 Å². The molecule has 1 aromatic carbocycles. The fourth-order valence-electron chi connectivity index (χ4n) is 1.08. The molecule has 0 saturated heterocycles. The van der Waals surface area contributed by atoms with Crippen LogP contribution >= 0.6 is 0 Å². The number of nitrogen functional groups attached to an aromatic ring is 1. The third-order valence-corrected chi connectivity index (χ3v) is 1.87. The van der Waals surface area contributed by atoms with Gasteiger partial charge < -0.3 is 11.1 Å². The molecule has 0 fully saturated rings. The fourth-order valence-corrected chi connectivity index (χ4v) is 1.08. The number of amides is 3. The van der Waals surface area contributed by atoms with E-state index in [1.165, 1.54) is 6.07 Å². The number of hydrogen-bond acceptors (Lipinski definition) is 4. The van der Waals surface area contributed by atoms with Gasteiger partial charge in [0, 0.05) is 5.69 Å². The fraction of sp³-hybridized carbons (Fsp3) is 0.100. The molecule has 0 spiro atoms. The maximum atomic E-state index is 11.5. The van der Waals surface area contributed by atoms with Gasteiger partial charge in [-0.3, -0.25) is 25.2 Å². The predicted octanol–water partition coefficient (Wildman–Crippen LogP) is -1.22. The van der Waals surface area contributed by atoms with Gasteiger partial charge in [0.25, 0.3) is 11.8 Å². The molecule has 0 heterocycles. The van der Waals surface area contributed by atoms with Crippen LogP contribution in [0.2, 0.25) is 0 Å². The molecular weight excluding hydrogens is 224 g/mol. The van der Waals surface area contributed by atoms with E-state index in [0.29, 0.717) is 12.1 Å². The largest absolute Gasteiger partial charge is 0.398 e. The van der Waals surface area contributed by atoms with Gasteiger partial charge in [-0.2, -0.15) is 0 Å². The summed E-state index contributed by atoms with van der Waals surface area (Å²) in [4.78, 5) is 32.5. The van der Waals surface area contributed by atoms with Crippen LogP contribution in [0.3, 0.4) is 0 Å². The van der Waals surface area contributed by atoms with Gasteiger partial charge in [0.1, 0.15) is 0 Å². The highest BCUT2D eigenvalue weighted by Crippen LogP contribution is 2.09. The maximum absolute atomic E-state index is 11.5. The summed E-state index contributed by atoms with van der Waals surface area (Å²) in [5.41, 5.74) is 10.4. The number of anilines is 1. The first kappa shape index (κ1) is 12.5. The Labute approximate surface area is 97.3 Å². The zero-order chi connectivity index (χ0) is 12.7. The Balaban J connectivity index is 2.48. The molecule has 1 aromatic rings. The molecule has 0 unspecified atom stereocenters. The lowest BCUT2D eigenvalue weighted by molar-refractivity contribution is -0.122. The Bertz CT molecular complexity index is 433. The van der Waals surface area contributed by atoms with Gasteiger partial charge in [0.05, 0.1) is 12.1 Å². The summed E-state index contributed by atoms with van der Waals surface area (Å²) in [5, 5.41) is 2.15. The number of carbonyl (C=O) groups is 3. The standard InChI is InChI=1S/C10H12N4O3/c11-8-4-2-1-3-7(8)10(17)14-13-9(16)5-12-6-15/h1-4,6H,5,11H2,(H,12,15)(H,13,16)(H,14,17). The molecule has 7 nitrogen and oxygen atoms in total. The van der Waals surface area contributed by atoms with Gasteiger partial charge in [-0.1, -0.05) is 12.1 Å². The van der Waals surface area contributed by atoms with Crippen molar-refractivity contribution in [1.29, 1.82) is 0 Å². The van der Waals surface area contributed by atoms with Crippen LogP contribution in [0, 0.1) is 0 Å². The first-order valence-electron chi connectivity index (χ1n) is 4.76. The second-order valence-electron chi connectivity index (χ2n) is 3.09. The van der Waals surface area contributed by atoms with Crippen LogP contribution in [0.25, 0.3) is 0 Å². The first-order chi connectivity index (χ1) is 8.15. The monoisotopic (exact) mass is 236 g/mol. The van der Waals surface area contributed by atoms with Crippen LogP contribution in [-0.2, 0) is 9.59 Å². The molecule has 3 amide bonds. The number of benzene rings is 1. The van der Waals surface area contributed by atoms with E-state index < -0.39 is 11.8 Å². The third-order valence-electron chi connectivity index (χ3n) is 1.87. The lowest BCUT2D eigenvalue weighted by atomic mass is 10.2. The second-order valence-corrected chi connectivity index (χ2v) is 3.09. The van der Waals surface area contributed by atoms with Crippen molar-refractivity contribution in [3.8, 4) is 0 Å². The van der Waals surface area contributed by atoms with Crippen LogP contribution in [0.5, 0.6) is 0 Å². The number of para-hydroxylation sites is 1. The van der Waals surface area contributed by atoms with Gasteiger partial charge in [-0.25, -0.2) is 0 Å². The molecule has 17 heavy (non-hydrogen) atoms. The van der Waals surface area contributed by atoms with E-state index in [-0.39, 0.29) is 12.1 Å². The Morgan fingerprint density at radius 1 is 1.24 bits per heavy atom. The summed E-state index contributed by atoms with van der Waals surface area (Å²) in [6.07, 6.45) is 0.386. The Morgan fingerprint density at radius 2 is 1.94 bits per heavy atom. The zero-order valence-corrected chi connectivity index (χ0v) is 8.90. The minimum Gasteiger partial charge on any atom is -0.398 e. The lowest BCUT2D eigenvalue weighted by Gasteiger charge is -2.08. The van der Waals surface area contributed by atoms with Gasteiger partial charge in [-0.15, -0.1) is 0 Å². The van der Waals surface area contributed by atoms with Crippen molar-refractivity contribution >= 4 is 23.9 Å². The summed E-state index contributed by atoms with van der Waals surface area (Å²) in [6.45, 7) is -0.214. The van der Waals surface area contributed by atoms with E-state index in [1.807, 2.05) is 0 Å². The molecule has 0 aliphatic carbocycles. The third kappa shape index (κ3) is 3.82. The number of hydrogen-bond donors (Lipinski definition) is 4. The smallest absolute Gasteiger partial charge is 0.271 e. The second kappa shape index (κ2) is 6.11. The van der Waals surface area contributed by atoms with E-state index in [9.17, 15) is 14.4 Å². The SMILES string of the molecule is Nc1ccccc1C(=O)NNC(=O)CNC=O. The van der Waals surface area contributed by atoms with Gasteiger partial charge >= 0.3 is 0 Å².